The molecule has 2 aliphatic heterocycles. The average molecular weight is 577 g/mol. The molecule has 0 aliphatic carbocycles. The molecule has 0 bridgehead atoms. The van der Waals surface area contributed by atoms with Crippen LogP contribution in [0.1, 0.15) is 40.9 Å². The minimum atomic E-state index is -0.551. The predicted octanol–water partition coefficient (Wildman–Crippen LogP) is 7.57. The van der Waals surface area contributed by atoms with Gasteiger partial charge in [-0.05, 0) is 75.2 Å². The van der Waals surface area contributed by atoms with Crippen LogP contribution in [0.2, 0.25) is 0 Å². The number of aryl methyl sites for hydroxylation is 2. The van der Waals surface area contributed by atoms with Gasteiger partial charge in [-0.15, -0.1) is 11.3 Å². The topological polar surface area (TPSA) is 81.4 Å². The van der Waals surface area contributed by atoms with Crippen LogP contribution in [-0.2, 0) is 11.3 Å². The largest absolute Gasteiger partial charge is 0.496 e. The van der Waals surface area contributed by atoms with E-state index in [-0.39, 0.29) is 19.4 Å². The molecule has 7 nitrogen and oxygen atoms in total. The summed E-state index contributed by atoms with van der Waals surface area (Å²) in [6.07, 6.45) is 0. The van der Waals surface area contributed by atoms with Crippen molar-refractivity contribution in [3.63, 3.8) is 0 Å². The van der Waals surface area contributed by atoms with Crippen molar-refractivity contribution in [2.75, 3.05) is 24.4 Å². The van der Waals surface area contributed by atoms with Gasteiger partial charge in [0, 0.05) is 29.6 Å². The van der Waals surface area contributed by atoms with Crippen LogP contribution in [0.4, 0.5) is 15.8 Å². The van der Waals surface area contributed by atoms with E-state index < -0.39 is 11.7 Å². The van der Waals surface area contributed by atoms with Gasteiger partial charge in [-0.25, -0.2) is 9.18 Å². The Bertz CT molecular complexity index is 1670. The van der Waals surface area contributed by atoms with E-state index in [4.69, 9.17) is 18.9 Å². The maximum Gasteiger partial charge on any atom is 0.353 e. The summed E-state index contributed by atoms with van der Waals surface area (Å²) in [5.41, 5.74) is 4.18. The lowest BCUT2D eigenvalue weighted by Crippen LogP contribution is -2.54. The molecule has 4 aromatic rings. The summed E-state index contributed by atoms with van der Waals surface area (Å²) in [5.74, 6) is 0.589. The van der Waals surface area contributed by atoms with Gasteiger partial charge in [-0.3, -0.25) is 0 Å². The number of esters is 1. The number of rotatable bonds is 7. The van der Waals surface area contributed by atoms with Gasteiger partial charge in [0.15, 0.2) is 5.72 Å². The molecule has 2 aliphatic rings. The Kier molecular flexibility index (Phi) is 6.66. The molecule has 0 saturated carbocycles. The van der Waals surface area contributed by atoms with Crippen molar-refractivity contribution in [3.8, 4) is 28.4 Å². The lowest BCUT2D eigenvalue weighted by Gasteiger charge is -2.41. The predicted molar refractivity (Wildman–Crippen MR) is 160 cm³/mol. The van der Waals surface area contributed by atoms with Gasteiger partial charge in [-0.1, -0.05) is 12.1 Å². The first-order chi connectivity index (χ1) is 19.6. The number of anilines is 2. The Balaban J connectivity index is 0.00000353. The van der Waals surface area contributed by atoms with E-state index >= 15 is 0 Å². The summed E-state index contributed by atoms with van der Waals surface area (Å²) >= 11 is 1.38. The summed E-state index contributed by atoms with van der Waals surface area (Å²) in [7, 11) is 1.58. The highest BCUT2D eigenvalue weighted by molar-refractivity contribution is 7.13. The van der Waals surface area contributed by atoms with E-state index in [1.165, 1.54) is 23.5 Å². The summed E-state index contributed by atoms with van der Waals surface area (Å²) < 4.78 is 37.6. The van der Waals surface area contributed by atoms with Gasteiger partial charge in [0.05, 0.1) is 30.6 Å². The van der Waals surface area contributed by atoms with Crippen LogP contribution in [0.15, 0.2) is 60.7 Å². The third kappa shape index (κ3) is 5.00. The van der Waals surface area contributed by atoms with Crippen LogP contribution in [0.3, 0.4) is 0 Å². The van der Waals surface area contributed by atoms with Crippen molar-refractivity contribution in [1.29, 1.82) is 0 Å². The Morgan fingerprint density at radius 2 is 1.80 bits per heavy atom. The minimum Gasteiger partial charge on any atom is -0.496 e. The molecular weight excluding hydrogens is 543 g/mol. The second-order valence-electron chi connectivity index (χ2n) is 10.9. The van der Waals surface area contributed by atoms with Crippen LogP contribution in [-0.4, -0.2) is 30.9 Å². The van der Waals surface area contributed by atoms with Crippen LogP contribution in [0, 0.1) is 19.7 Å². The highest BCUT2D eigenvalue weighted by atomic mass is 32.1. The number of fused-ring (bicyclic) bond motifs is 1. The molecule has 0 radical (unpaired) electrons. The fourth-order valence-electron chi connectivity index (χ4n) is 5.14. The fraction of sp³-hybridized carbons (Fsp3) is 0.281. The highest BCUT2D eigenvalue weighted by Gasteiger charge is 2.60. The van der Waals surface area contributed by atoms with Crippen molar-refractivity contribution < 1.29 is 29.6 Å². The minimum absolute atomic E-state index is 0. The Morgan fingerprint density at radius 1 is 1.02 bits per heavy atom. The standard InChI is InChI=1S/C32H31FN2O5S.H2/c1-18-6-8-20(33)14-26(18)38-16-24-22(11-12-25-29(24)35-32(17-39-32)31(3,4)34-25)23-10-9-21(15-27(23)37-5)40-30(36)28-13-7-19(2)41-28;/h6-15,34-35H,16-17H2,1-5H3;1H. The smallest absolute Gasteiger partial charge is 0.353 e. The first kappa shape index (κ1) is 27.1. The summed E-state index contributed by atoms with van der Waals surface area (Å²) in [5, 5.41) is 7.24. The monoisotopic (exact) mass is 576 g/mol. The Labute approximate surface area is 243 Å². The zero-order chi connectivity index (χ0) is 28.9. The van der Waals surface area contributed by atoms with Crippen molar-refractivity contribution >= 4 is 28.7 Å². The molecule has 1 atom stereocenters. The average Bonchev–Trinajstić information content (AvgIpc) is 3.60. The summed E-state index contributed by atoms with van der Waals surface area (Å²) in [4.78, 5) is 14.2. The zero-order valence-electron chi connectivity index (χ0n) is 23.5. The van der Waals surface area contributed by atoms with E-state index in [2.05, 4.69) is 24.5 Å². The van der Waals surface area contributed by atoms with E-state index in [1.807, 2.05) is 38.1 Å². The zero-order valence-corrected chi connectivity index (χ0v) is 24.3. The Morgan fingerprint density at radius 3 is 2.51 bits per heavy atom. The number of halogens is 1. The molecule has 6 rings (SSSR count). The molecule has 1 spiro atoms. The van der Waals surface area contributed by atoms with Gasteiger partial charge in [0.1, 0.15) is 34.5 Å². The summed E-state index contributed by atoms with van der Waals surface area (Å²) in [6, 6.07) is 17.5. The second kappa shape index (κ2) is 10.1. The number of benzene rings is 3. The number of methoxy groups -OCH3 is 1. The number of carbonyl (C=O) groups is 1. The molecule has 2 N–H and O–H groups in total. The fourth-order valence-corrected chi connectivity index (χ4v) is 5.88. The normalized spacial score (nSPS) is 18.2. The van der Waals surface area contributed by atoms with Gasteiger partial charge in [0.25, 0.3) is 0 Å². The maximum absolute atomic E-state index is 14.1. The molecule has 1 fully saturated rings. The molecule has 9 heteroatoms. The molecule has 41 heavy (non-hydrogen) atoms. The number of ether oxygens (including phenoxy) is 4. The van der Waals surface area contributed by atoms with E-state index in [0.717, 1.165) is 38.5 Å². The SMILES string of the molecule is COc1cc(OC(=O)c2ccc(C)s2)ccc1-c1ccc2c(c1COc1cc(F)ccc1C)NC1(CO1)C(C)(C)N2.[HH]. The number of nitrogens with one attached hydrogen (secondary N) is 2. The number of carbonyl (C=O) groups excluding carboxylic acids is 1. The van der Waals surface area contributed by atoms with Crippen molar-refractivity contribution in [2.45, 2.75) is 45.6 Å². The molecule has 1 saturated heterocycles. The molecule has 1 unspecified atom stereocenters. The first-order valence-corrected chi connectivity index (χ1v) is 14.1. The van der Waals surface area contributed by atoms with E-state index in [0.29, 0.717) is 28.7 Å². The van der Waals surface area contributed by atoms with Gasteiger partial charge >= 0.3 is 5.97 Å². The van der Waals surface area contributed by atoms with Crippen LogP contribution < -0.4 is 24.8 Å². The molecule has 1 aromatic heterocycles. The van der Waals surface area contributed by atoms with Gasteiger partial charge < -0.3 is 29.6 Å². The molecule has 0 amide bonds. The number of epoxide rings is 1. The quantitative estimate of drug-likeness (QED) is 0.133. The summed E-state index contributed by atoms with van der Waals surface area (Å²) in [6.45, 7) is 8.73. The van der Waals surface area contributed by atoms with Crippen LogP contribution >= 0.6 is 11.3 Å². The number of hydrogen-bond donors (Lipinski definition) is 2. The lowest BCUT2D eigenvalue weighted by molar-refractivity contribution is 0.0739. The first-order valence-electron chi connectivity index (χ1n) is 13.3. The second-order valence-corrected chi connectivity index (χ2v) is 12.2. The van der Waals surface area contributed by atoms with Crippen molar-refractivity contribution in [1.82, 2.24) is 0 Å². The van der Waals surface area contributed by atoms with Crippen molar-refractivity contribution in [2.24, 2.45) is 0 Å². The van der Waals surface area contributed by atoms with Gasteiger partial charge in [0.2, 0.25) is 0 Å². The molecule has 3 aromatic carbocycles. The maximum atomic E-state index is 14.1. The number of thiophene rings is 1. The van der Waals surface area contributed by atoms with Crippen LogP contribution in [0.5, 0.6) is 17.2 Å². The number of hydrogen-bond acceptors (Lipinski definition) is 8. The highest BCUT2D eigenvalue weighted by Crippen LogP contribution is 2.50. The molecular formula is C32H33FN2O5S. The van der Waals surface area contributed by atoms with Crippen LogP contribution in [0.25, 0.3) is 11.1 Å². The van der Waals surface area contributed by atoms with Gasteiger partial charge in [-0.2, -0.15) is 0 Å². The lowest BCUT2D eigenvalue weighted by atomic mass is 9.88. The van der Waals surface area contributed by atoms with Crippen molar-refractivity contribution in [3.05, 3.63) is 87.4 Å². The van der Waals surface area contributed by atoms with E-state index in [9.17, 15) is 9.18 Å². The molecule has 214 valence electrons. The third-order valence-corrected chi connectivity index (χ3v) is 8.65. The Hall–Kier alpha value is -4.08. The van der Waals surface area contributed by atoms with E-state index in [1.54, 1.807) is 31.4 Å². The third-order valence-electron chi connectivity index (χ3n) is 7.67. The molecule has 3 heterocycles.